The summed E-state index contributed by atoms with van der Waals surface area (Å²) in [5.41, 5.74) is 6.53. The zero-order chi connectivity index (χ0) is 17.6. The summed E-state index contributed by atoms with van der Waals surface area (Å²) >= 11 is 0. The van der Waals surface area contributed by atoms with Crippen molar-refractivity contribution in [2.45, 2.75) is 6.92 Å². The van der Waals surface area contributed by atoms with E-state index in [0.29, 0.717) is 5.71 Å². The first-order valence-corrected chi connectivity index (χ1v) is 7.93. The van der Waals surface area contributed by atoms with Crippen molar-refractivity contribution in [3.8, 4) is 16.9 Å². The summed E-state index contributed by atoms with van der Waals surface area (Å²) in [6.45, 7) is 1.82. The second-order valence-corrected chi connectivity index (χ2v) is 5.60. The molecule has 0 aliphatic heterocycles. The maximum absolute atomic E-state index is 12.1. The predicted octanol–water partition coefficient (Wildman–Crippen LogP) is 4.21. The van der Waals surface area contributed by atoms with E-state index in [4.69, 9.17) is 0 Å². The Hall–Kier alpha value is -3.40. The van der Waals surface area contributed by atoms with E-state index in [0.717, 1.165) is 16.7 Å². The van der Waals surface area contributed by atoms with Crippen molar-refractivity contribution in [1.29, 1.82) is 0 Å². The molecule has 0 aliphatic rings. The predicted molar refractivity (Wildman–Crippen MR) is 99.7 cm³/mol. The highest BCUT2D eigenvalue weighted by Crippen LogP contribution is 2.19. The molecule has 124 valence electrons. The molecule has 3 rings (SSSR count). The number of para-hydroxylation sites is 1. The number of amides is 1. The molecule has 4 nitrogen and oxygen atoms in total. The minimum Gasteiger partial charge on any atom is -0.507 e. The van der Waals surface area contributed by atoms with Crippen LogP contribution in [0.25, 0.3) is 11.1 Å². The van der Waals surface area contributed by atoms with Crippen LogP contribution in [0.1, 0.15) is 22.8 Å². The topological polar surface area (TPSA) is 61.7 Å². The quantitative estimate of drug-likeness (QED) is 0.556. The van der Waals surface area contributed by atoms with Gasteiger partial charge in [-0.05, 0) is 35.7 Å². The van der Waals surface area contributed by atoms with Crippen LogP contribution in [0.4, 0.5) is 0 Å². The summed E-state index contributed by atoms with van der Waals surface area (Å²) in [6, 6.07) is 24.5. The van der Waals surface area contributed by atoms with Crippen molar-refractivity contribution in [3.63, 3.8) is 0 Å². The highest BCUT2D eigenvalue weighted by Gasteiger charge is 2.09. The average molecular weight is 330 g/mol. The first-order chi connectivity index (χ1) is 12.1. The Balaban J connectivity index is 1.72. The van der Waals surface area contributed by atoms with Crippen molar-refractivity contribution in [3.05, 3.63) is 90.0 Å². The number of rotatable bonds is 4. The summed E-state index contributed by atoms with van der Waals surface area (Å²) in [6.07, 6.45) is 0. The van der Waals surface area contributed by atoms with Gasteiger partial charge in [0.15, 0.2) is 0 Å². The number of phenols is 1. The van der Waals surface area contributed by atoms with Crippen molar-refractivity contribution in [2.24, 2.45) is 5.10 Å². The van der Waals surface area contributed by atoms with Gasteiger partial charge in [-0.25, -0.2) is 5.43 Å². The Bertz CT molecular complexity index is 901. The number of nitrogens with zero attached hydrogens (tertiary/aromatic N) is 1. The van der Waals surface area contributed by atoms with Crippen LogP contribution >= 0.6 is 0 Å². The van der Waals surface area contributed by atoms with Crippen LogP contribution in [0, 0.1) is 0 Å². The van der Waals surface area contributed by atoms with E-state index in [2.05, 4.69) is 22.7 Å². The van der Waals surface area contributed by atoms with Gasteiger partial charge in [0.2, 0.25) is 0 Å². The second kappa shape index (κ2) is 7.45. The van der Waals surface area contributed by atoms with Gasteiger partial charge in [0, 0.05) is 0 Å². The summed E-state index contributed by atoms with van der Waals surface area (Å²) in [5.74, 6) is -0.515. The molecular weight excluding hydrogens is 312 g/mol. The van der Waals surface area contributed by atoms with Crippen LogP contribution in [0.15, 0.2) is 84.0 Å². The van der Waals surface area contributed by atoms with E-state index in [-0.39, 0.29) is 11.3 Å². The van der Waals surface area contributed by atoms with Crippen LogP contribution in [-0.2, 0) is 0 Å². The van der Waals surface area contributed by atoms with E-state index in [9.17, 15) is 9.90 Å². The minimum absolute atomic E-state index is 0.0694. The maximum Gasteiger partial charge on any atom is 0.275 e. The molecule has 1 amide bonds. The van der Waals surface area contributed by atoms with Crippen LogP contribution in [-0.4, -0.2) is 16.7 Å². The summed E-state index contributed by atoms with van der Waals surface area (Å²) in [5, 5.41) is 13.8. The Morgan fingerprint density at radius 3 is 2.12 bits per heavy atom. The lowest BCUT2D eigenvalue weighted by Crippen LogP contribution is -2.19. The first kappa shape index (κ1) is 16.5. The third-order valence-corrected chi connectivity index (χ3v) is 3.88. The third-order valence-electron chi connectivity index (χ3n) is 3.88. The van der Waals surface area contributed by atoms with Gasteiger partial charge in [-0.2, -0.15) is 5.10 Å². The standard InChI is InChI=1S/C21H18N2O2/c1-15(22-23-21(25)19-9-5-6-10-20(19)24)16-11-13-18(14-12-16)17-7-3-2-4-8-17/h2-14,24H,1H3,(H,23,25). The number of hydrogen-bond donors (Lipinski definition) is 2. The zero-order valence-corrected chi connectivity index (χ0v) is 13.8. The van der Waals surface area contributed by atoms with Gasteiger partial charge in [0.05, 0.1) is 11.3 Å². The number of carbonyl (C=O) groups is 1. The van der Waals surface area contributed by atoms with Gasteiger partial charge < -0.3 is 5.11 Å². The van der Waals surface area contributed by atoms with Crippen molar-refractivity contribution in [2.75, 3.05) is 0 Å². The summed E-state index contributed by atoms with van der Waals surface area (Å²) in [4.78, 5) is 12.1. The Morgan fingerprint density at radius 1 is 0.840 bits per heavy atom. The smallest absolute Gasteiger partial charge is 0.275 e. The van der Waals surface area contributed by atoms with E-state index < -0.39 is 5.91 Å². The fourth-order valence-electron chi connectivity index (χ4n) is 2.46. The number of carbonyl (C=O) groups excluding carboxylic acids is 1. The third kappa shape index (κ3) is 3.93. The lowest BCUT2D eigenvalue weighted by atomic mass is 10.0. The molecule has 4 heteroatoms. The Kier molecular flexibility index (Phi) is 4.90. The highest BCUT2D eigenvalue weighted by molar-refractivity contribution is 6.01. The molecular formula is C21H18N2O2. The molecule has 0 fully saturated rings. The van der Waals surface area contributed by atoms with Crippen molar-refractivity contribution in [1.82, 2.24) is 5.43 Å². The second-order valence-electron chi connectivity index (χ2n) is 5.60. The Labute approximate surface area is 146 Å². The molecule has 0 heterocycles. The maximum atomic E-state index is 12.1. The number of hydrogen-bond acceptors (Lipinski definition) is 3. The van der Waals surface area contributed by atoms with Gasteiger partial charge in [0.25, 0.3) is 5.91 Å². The van der Waals surface area contributed by atoms with E-state index in [1.807, 2.05) is 49.4 Å². The fraction of sp³-hybridized carbons (Fsp3) is 0.0476. The van der Waals surface area contributed by atoms with Gasteiger partial charge in [-0.15, -0.1) is 0 Å². The molecule has 0 unspecified atom stereocenters. The Morgan fingerprint density at radius 2 is 1.44 bits per heavy atom. The van der Waals surface area contributed by atoms with Crippen LogP contribution < -0.4 is 5.43 Å². The van der Waals surface area contributed by atoms with Crippen LogP contribution in [0.3, 0.4) is 0 Å². The molecule has 0 spiro atoms. The largest absolute Gasteiger partial charge is 0.507 e. The SMILES string of the molecule is CC(=NNC(=O)c1ccccc1O)c1ccc(-c2ccccc2)cc1. The molecule has 25 heavy (non-hydrogen) atoms. The van der Waals surface area contributed by atoms with E-state index >= 15 is 0 Å². The van der Waals surface area contributed by atoms with Gasteiger partial charge in [-0.3, -0.25) is 4.79 Å². The molecule has 0 atom stereocenters. The molecule has 3 aromatic rings. The number of hydrazone groups is 1. The fourth-order valence-corrected chi connectivity index (χ4v) is 2.46. The molecule has 3 aromatic carbocycles. The molecule has 0 bridgehead atoms. The molecule has 0 radical (unpaired) electrons. The first-order valence-electron chi connectivity index (χ1n) is 7.93. The lowest BCUT2D eigenvalue weighted by Gasteiger charge is -2.06. The highest BCUT2D eigenvalue weighted by atomic mass is 16.3. The summed E-state index contributed by atoms with van der Waals surface area (Å²) in [7, 11) is 0. The molecule has 0 saturated heterocycles. The van der Waals surface area contributed by atoms with Crippen LogP contribution in [0.2, 0.25) is 0 Å². The van der Waals surface area contributed by atoms with E-state index in [1.54, 1.807) is 18.2 Å². The molecule has 0 aromatic heterocycles. The normalized spacial score (nSPS) is 11.2. The molecule has 2 N–H and O–H groups in total. The van der Waals surface area contributed by atoms with Crippen molar-refractivity contribution < 1.29 is 9.90 Å². The van der Waals surface area contributed by atoms with Gasteiger partial charge in [0.1, 0.15) is 5.75 Å². The van der Waals surface area contributed by atoms with E-state index in [1.165, 1.54) is 6.07 Å². The number of aromatic hydroxyl groups is 1. The molecule has 0 aliphatic carbocycles. The molecule has 0 saturated carbocycles. The summed E-state index contributed by atoms with van der Waals surface area (Å²) < 4.78 is 0. The lowest BCUT2D eigenvalue weighted by molar-refractivity contribution is 0.0952. The number of nitrogens with one attached hydrogen (secondary N) is 1. The average Bonchev–Trinajstić information content (AvgIpc) is 2.67. The van der Waals surface area contributed by atoms with Gasteiger partial charge in [-0.1, -0.05) is 66.7 Å². The van der Waals surface area contributed by atoms with Crippen molar-refractivity contribution >= 4 is 11.6 Å². The number of benzene rings is 3. The van der Waals surface area contributed by atoms with Crippen LogP contribution in [0.5, 0.6) is 5.75 Å². The number of phenolic OH excluding ortho intramolecular Hbond substituents is 1. The monoisotopic (exact) mass is 330 g/mol. The zero-order valence-electron chi connectivity index (χ0n) is 13.8. The minimum atomic E-state index is -0.446. The van der Waals surface area contributed by atoms with Gasteiger partial charge >= 0.3 is 0 Å².